The lowest BCUT2D eigenvalue weighted by molar-refractivity contribution is -0.146. The molecule has 0 amide bonds. The van der Waals surface area contributed by atoms with Crippen molar-refractivity contribution >= 4 is 5.97 Å². The van der Waals surface area contributed by atoms with Gasteiger partial charge in [-0.15, -0.1) is 0 Å². The molecule has 0 saturated carbocycles. The Balaban J connectivity index is 1.86. The summed E-state index contributed by atoms with van der Waals surface area (Å²) in [5.74, 6) is -0.114. The van der Waals surface area contributed by atoms with Gasteiger partial charge in [0.05, 0.1) is 18.8 Å². The number of rotatable bonds is 6. The van der Waals surface area contributed by atoms with Gasteiger partial charge in [-0.05, 0) is 32.6 Å². The number of hydrogen-bond donors (Lipinski definition) is 1. The summed E-state index contributed by atoms with van der Waals surface area (Å²) in [6, 6.07) is 0.183. The largest absolute Gasteiger partial charge is 0.465 e. The Morgan fingerprint density at radius 1 is 1.47 bits per heavy atom. The molecule has 0 spiro atoms. The lowest BCUT2D eigenvalue weighted by atomic mass is 9.94. The third kappa shape index (κ3) is 2.99. The van der Waals surface area contributed by atoms with Gasteiger partial charge < -0.3 is 9.47 Å². The molecule has 0 aromatic heterocycles. The summed E-state index contributed by atoms with van der Waals surface area (Å²) < 4.78 is 10.9. The molecule has 2 aliphatic rings. The number of hydrogen-bond acceptors (Lipinski definition) is 4. The Labute approximate surface area is 103 Å². The van der Waals surface area contributed by atoms with Crippen molar-refractivity contribution in [2.45, 2.75) is 70.2 Å². The van der Waals surface area contributed by atoms with Crippen molar-refractivity contribution in [1.29, 1.82) is 0 Å². The minimum absolute atomic E-state index is 0.114. The Kier molecular flexibility index (Phi) is 4.40. The summed E-state index contributed by atoms with van der Waals surface area (Å²) in [5, 5.41) is 3.43. The Morgan fingerprint density at radius 2 is 2.29 bits per heavy atom. The standard InChI is InChI=1S/C13H23NO3/c1-3-5-10(13(15)16-4-2)14-11-8-9-6-7-12(11)17-9/h9-12,14H,3-8H2,1-2H3. The predicted molar refractivity (Wildman–Crippen MR) is 64.8 cm³/mol. The third-order valence-corrected chi connectivity index (χ3v) is 3.67. The summed E-state index contributed by atoms with van der Waals surface area (Å²) >= 11 is 0. The topological polar surface area (TPSA) is 47.6 Å². The van der Waals surface area contributed by atoms with Crippen molar-refractivity contribution in [3.8, 4) is 0 Å². The van der Waals surface area contributed by atoms with E-state index >= 15 is 0 Å². The fourth-order valence-electron chi connectivity index (χ4n) is 2.87. The van der Waals surface area contributed by atoms with Crippen LogP contribution in [0.2, 0.25) is 0 Å². The van der Waals surface area contributed by atoms with Gasteiger partial charge in [-0.2, -0.15) is 0 Å². The highest BCUT2D eigenvalue weighted by Crippen LogP contribution is 2.34. The number of carbonyl (C=O) groups excluding carboxylic acids is 1. The molecule has 0 radical (unpaired) electrons. The van der Waals surface area contributed by atoms with E-state index in [1.807, 2.05) is 6.92 Å². The van der Waals surface area contributed by atoms with E-state index in [0.717, 1.165) is 25.7 Å². The molecular formula is C13H23NO3. The minimum Gasteiger partial charge on any atom is -0.465 e. The van der Waals surface area contributed by atoms with Gasteiger partial charge in [-0.1, -0.05) is 13.3 Å². The molecule has 4 atom stereocenters. The highest BCUT2D eigenvalue weighted by atomic mass is 16.5. The monoisotopic (exact) mass is 241 g/mol. The average Bonchev–Trinajstić information content (AvgIpc) is 2.90. The van der Waals surface area contributed by atoms with Crippen LogP contribution in [-0.4, -0.2) is 36.9 Å². The maximum Gasteiger partial charge on any atom is 0.323 e. The maximum atomic E-state index is 11.8. The van der Waals surface area contributed by atoms with Crippen molar-refractivity contribution in [2.75, 3.05) is 6.61 Å². The van der Waals surface area contributed by atoms with E-state index in [9.17, 15) is 4.79 Å². The van der Waals surface area contributed by atoms with E-state index in [4.69, 9.17) is 9.47 Å². The zero-order valence-corrected chi connectivity index (χ0v) is 10.8. The molecule has 4 nitrogen and oxygen atoms in total. The Hall–Kier alpha value is -0.610. The van der Waals surface area contributed by atoms with Crippen LogP contribution >= 0.6 is 0 Å². The average molecular weight is 241 g/mol. The number of fused-ring (bicyclic) bond motifs is 2. The van der Waals surface area contributed by atoms with E-state index in [1.54, 1.807) is 0 Å². The fourth-order valence-corrected chi connectivity index (χ4v) is 2.87. The molecule has 0 aromatic carbocycles. The van der Waals surface area contributed by atoms with Crippen LogP contribution in [0.1, 0.15) is 46.0 Å². The Morgan fingerprint density at radius 3 is 2.82 bits per heavy atom. The number of nitrogens with one attached hydrogen (secondary N) is 1. The molecule has 0 aromatic rings. The molecule has 1 N–H and O–H groups in total. The first-order valence-corrected chi connectivity index (χ1v) is 6.82. The minimum atomic E-state index is -0.159. The second-order valence-corrected chi connectivity index (χ2v) is 4.98. The van der Waals surface area contributed by atoms with Crippen LogP contribution in [0.15, 0.2) is 0 Å². The van der Waals surface area contributed by atoms with Crippen molar-refractivity contribution in [2.24, 2.45) is 0 Å². The van der Waals surface area contributed by atoms with Crippen LogP contribution in [-0.2, 0) is 14.3 Å². The SMILES string of the molecule is CCCC(NC1CC2CCC1O2)C(=O)OCC. The lowest BCUT2D eigenvalue weighted by Gasteiger charge is -2.25. The second kappa shape index (κ2) is 5.83. The normalized spacial score (nSPS) is 32.7. The van der Waals surface area contributed by atoms with Crippen LogP contribution in [0.3, 0.4) is 0 Å². The molecule has 2 bridgehead atoms. The molecule has 0 aliphatic carbocycles. The molecule has 2 rings (SSSR count). The quantitative estimate of drug-likeness (QED) is 0.718. The molecule has 2 saturated heterocycles. The van der Waals surface area contributed by atoms with Crippen LogP contribution in [0.25, 0.3) is 0 Å². The summed E-state index contributed by atoms with van der Waals surface area (Å²) in [7, 11) is 0. The number of esters is 1. The second-order valence-electron chi connectivity index (χ2n) is 4.98. The molecule has 4 heteroatoms. The molecule has 2 fully saturated rings. The van der Waals surface area contributed by atoms with Crippen molar-refractivity contribution in [3.05, 3.63) is 0 Å². The van der Waals surface area contributed by atoms with Gasteiger partial charge in [0.15, 0.2) is 0 Å². The highest BCUT2D eigenvalue weighted by molar-refractivity contribution is 5.75. The highest BCUT2D eigenvalue weighted by Gasteiger charge is 2.42. The number of carbonyl (C=O) groups is 1. The van der Waals surface area contributed by atoms with Crippen LogP contribution in [0.5, 0.6) is 0 Å². The van der Waals surface area contributed by atoms with E-state index in [1.165, 1.54) is 6.42 Å². The van der Waals surface area contributed by atoms with Crippen molar-refractivity contribution in [1.82, 2.24) is 5.32 Å². The summed E-state index contributed by atoms with van der Waals surface area (Å²) in [6.07, 6.45) is 5.91. The van der Waals surface area contributed by atoms with Crippen LogP contribution in [0.4, 0.5) is 0 Å². The van der Waals surface area contributed by atoms with Gasteiger partial charge in [0.1, 0.15) is 6.04 Å². The molecule has 2 heterocycles. The summed E-state index contributed by atoms with van der Waals surface area (Å²) in [6.45, 7) is 4.39. The van der Waals surface area contributed by atoms with Gasteiger partial charge in [0.25, 0.3) is 0 Å². The smallest absolute Gasteiger partial charge is 0.323 e. The van der Waals surface area contributed by atoms with Crippen molar-refractivity contribution in [3.63, 3.8) is 0 Å². The van der Waals surface area contributed by atoms with Crippen LogP contribution < -0.4 is 5.32 Å². The van der Waals surface area contributed by atoms with Gasteiger partial charge in [-0.3, -0.25) is 10.1 Å². The van der Waals surface area contributed by atoms with Crippen LogP contribution in [0, 0.1) is 0 Å². The number of ether oxygens (including phenoxy) is 2. The molecule has 98 valence electrons. The van der Waals surface area contributed by atoms with E-state index in [-0.39, 0.29) is 12.0 Å². The van der Waals surface area contributed by atoms with E-state index in [2.05, 4.69) is 12.2 Å². The molecule has 2 aliphatic heterocycles. The first kappa shape index (κ1) is 12.8. The fraction of sp³-hybridized carbons (Fsp3) is 0.923. The zero-order chi connectivity index (χ0) is 12.3. The van der Waals surface area contributed by atoms with Gasteiger partial charge in [0.2, 0.25) is 0 Å². The summed E-state index contributed by atoms with van der Waals surface area (Å²) in [5.41, 5.74) is 0. The molecule has 17 heavy (non-hydrogen) atoms. The van der Waals surface area contributed by atoms with Gasteiger partial charge in [-0.25, -0.2) is 0 Å². The Bertz CT molecular complexity index is 269. The summed E-state index contributed by atoms with van der Waals surface area (Å²) in [4.78, 5) is 11.8. The first-order chi connectivity index (χ1) is 8.24. The van der Waals surface area contributed by atoms with E-state index in [0.29, 0.717) is 24.9 Å². The maximum absolute atomic E-state index is 11.8. The molecule has 4 unspecified atom stereocenters. The molecular weight excluding hydrogens is 218 g/mol. The predicted octanol–water partition coefficient (Wildman–Crippen LogP) is 1.63. The zero-order valence-electron chi connectivity index (χ0n) is 10.8. The van der Waals surface area contributed by atoms with Gasteiger partial charge >= 0.3 is 5.97 Å². The van der Waals surface area contributed by atoms with Gasteiger partial charge in [0, 0.05) is 6.04 Å². The lowest BCUT2D eigenvalue weighted by Crippen LogP contribution is -2.48. The third-order valence-electron chi connectivity index (χ3n) is 3.67. The van der Waals surface area contributed by atoms with E-state index < -0.39 is 0 Å². The van der Waals surface area contributed by atoms with Crippen molar-refractivity contribution < 1.29 is 14.3 Å². The first-order valence-electron chi connectivity index (χ1n) is 6.82.